The molecule has 1 aliphatic rings. The van der Waals surface area contributed by atoms with Crippen molar-refractivity contribution < 1.29 is 9.47 Å². The highest BCUT2D eigenvalue weighted by Gasteiger charge is 2.31. The minimum atomic E-state index is 0.532. The smallest absolute Gasteiger partial charge is 0.119 e. The van der Waals surface area contributed by atoms with Gasteiger partial charge in [-0.2, -0.15) is 11.3 Å². The fourth-order valence-corrected chi connectivity index (χ4v) is 4.54. The second-order valence-corrected chi connectivity index (χ2v) is 8.25. The molecule has 0 aliphatic carbocycles. The number of hydrogen-bond donors (Lipinski definition) is 0. The van der Waals surface area contributed by atoms with Crippen LogP contribution >= 0.6 is 11.3 Å². The molecule has 0 amide bonds. The normalized spacial score (nSPS) is 22.1. The molecule has 0 bridgehead atoms. The molecule has 1 saturated heterocycles. The first-order valence-electron chi connectivity index (χ1n) is 9.71. The number of piperidine rings is 1. The lowest BCUT2D eigenvalue weighted by Gasteiger charge is -2.39. The van der Waals surface area contributed by atoms with Crippen LogP contribution in [-0.4, -0.2) is 38.3 Å². The maximum Gasteiger partial charge on any atom is 0.119 e. The molecule has 2 aromatic rings. The molecular weight excluding hydrogens is 342 g/mol. The quantitative estimate of drug-likeness (QED) is 0.628. The van der Waals surface area contributed by atoms with Crippen LogP contribution in [0.3, 0.4) is 0 Å². The Morgan fingerprint density at radius 1 is 1.19 bits per heavy atom. The van der Waals surface area contributed by atoms with Crippen molar-refractivity contribution in [2.45, 2.75) is 32.6 Å². The lowest BCUT2D eigenvalue weighted by atomic mass is 9.81. The Morgan fingerprint density at radius 2 is 1.96 bits per heavy atom. The van der Waals surface area contributed by atoms with Gasteiger partial charge in [0, 0.05) is 19.0 Å². The number of nitrogens with zero attached hydrogens (tertiary/aromatic N) is 1. The van der Waals surface area contributed by atoms with E-state index in [4.69, 9.17) is 9.47 Å². The van der Waals surface area contributed by atoms with Gasteiger partial charge in [0.25, 0.3) is 0 Å². The first-order valence-corrected chi connectivity index (χ1v) is 10.6. The zero-order valence-corrected chi connectivity index (χ0v) is 17.0. The van der Waals surface area contributed by atoms with Gasteiger partial charge in [0.05, 0.1) is 13.7 Å². The molecule has 4 heteroatoms. The van der Waals surface area contributed by atoms with Crippen LogP contribution in [0.25, 0.3) is 0 Å². The van der Waals surface area contributed by atoms with Crippen LogP contribution < -0.4 is 9.47 Å². The molecule has 142 valence electrons. The van der Waals surface area contributed by atoms with Crippen LogP contribution in [0.2, 0.25) is 0 Å². The average Bonchev–Trinajstić information content (AvgIpc) is 3.21. The molecule has 0 saturated carbocycles. The first-order chi connectivity index (χ1) is 12.7. The monoisotopic (exact) mass is 373 g/mol. The Bertz CT molecular complexity index is 641. The summed E-state index contributed by atoms with van der Waals surface area (Å²) in [5.74, 6) is 3.69. The fourth-order valence-electron chi connectivity index (χ4n) is 3.81. The molecule has 3 unspecified atom stereocenters. The van der Waals surface area contributed by atoms with E-state index in [0.717, 1.165) is 30.6 Å². The average molecular weight is 374 g/mol. The molecule has 1 aliphatic heterocycles. The summed E-state index contributed by atoms with van der Waals surface area (Å²) in [6.07, 6.45) is 2.47. The summed E-state index contributed by atoms with van der Waals surface area (Å²) in [5, 5.41) is 4.51. The van der Waals surface area contributed by atoms with E-state index in [1.54, 1.807) is 18.4 Å². The number of ether oxygens (including phenoxy) is 2. The van der Waals surface area contributed by atoms with Gasteiger partial charge >= 0.3 is 0 Å². The minimum Gasteiger partial charge on any atom is -0.497 e. The van der Waals surface area contributed by atoms with Crippen LogP contribution in [0.1, 0.15) is 38.2 Å². The van der Waals surface area contributed by atoms with Gasteiger partial charge in [-0.25, -0.2) is 0 Å². The van der Waals surface area contributed by atoms with Crippen LogP contribution in [0.15, 0.2) is 41.1 Å². The van der Waals surface area contributed by atoms with Crippen molar-refractivity contribution in [1.82, 2.24) is 4.90 Å². The number of benzene rings is 1. The number of likely N-dealkylation sites (tertiary alicyclic amines) is 1. The van der Waals surface area contributed by atoms with Crippen molar-refractivity contribution in [2.75, 3.05) is 33.4 Å². The van der Waals surface area contributed by atoms with E-state index < -0.39 is 0 Å². The van der Waals surface area contributed by atoms with Gasteiger partial charge in [-0.3, -0.25) is 0 Å². The minimum absolute atomic E-state index is 0.532. The molecule has 0 N–H and O–H groups in total. The number of methoxy groups -OCH3 is 1. The maximum atomic E-state index is 6.17. The summed E-state index contributed by atoms with van der Waals surface area (Å²) in [7, 11) is 1.69. The second-order valence-electron chi connectivity index (χ2n) is 7.47. The van der Waals surface area contributed by atoms with Gasteiger partial charge in [0.2, 0.25) is 0 Å². The summed E-state index contributed by atoms with van der Waals surface area (Å²) >= 11 is 1.80. The van der Waals surface area contributed by atoms with E-state index >= 15 is 0 Å². The SMILES string of the molecule is CCC(C)CN1CCC(c2ccsc2)C(COc2ccc(OC)cc2)C1. The summed E-state index contributed by atoms with van der Waals surface area (Å²) in [4.78, 5) is 2.64. The molecule has 1 fully saturated rings. The van der Waals surface area contributed by atoms with Crippen LogP contribution in [0.4, 0.5) is 0 Å². The molecule has 26 heavy (non-hydrogen) atoms. The maximum absolute atomic E-state index is 6.17. The third-order valence-electron chi connectivity index (χ3n) is 5.58. The zero-order chi connectivity index (χ0) is 18.4. The summed E-state index contributed by atoms with van der Waals surface area (Å²) in [6.45, 7) is 8.93. The Kier molecular flexibility index (Phi) is 6.98. The van der Waals surface area contributed by atoms with E-state index in [9.17, 15) is 0 Å². The molecule has 1 aromatic heterocycles. The van der Waals surface area contributed by atoms with Gasteiger partial charge < -0.3 is 14.4 Å². The van der Waals surface area contributed by atoms with Crippen molar-refractivity contribution in [1.29, 1.82) is 0 Å². The van der Waals surface area contributed by atoms with Gasteiger partial charge in [0.1, 0.15) is 11.5 Å². The summed E-state index contributed by atoms with van der Waals surface area (Å²) in [6, 6.07) is 10.2. The highest BCUT2D eigenvalue weighted by Crippen LogP contribution is 2.35. The van der Waals surface area contributed by atoms with Crippen molar-refractivity contribution in [3.05, 3.63) is 46.7 Å². The van der Waals surface area contributed by atoms with E-state index in [-0.39, 0.29) is 0 Å². The van der Waals surface area contributed by atoms with Crippen LogP contribution in [0.5, 0.6) is 11.5 Å². The molecule has 3 atom stereocenters. The molecule has 1 aromatic carbocycles. The number of thiophene rings is 1. The van der Waals surface area contributed by atoms with Crippen LogP contribution in [-0.2, 0) is 0 Å². The predicted molar refractivity (Wildman–Crippen MR) is 110 cm³/mol. The Labute approximate surface area is 161 Å². The highest BCUT2D eigenvalue weighted by atomic mass is 32.1. The molecular formula is C22H31NO2S. The Hall–Kier alpha value is -1.52. The molecule has 3 nitrogen and oxygen atoms in total. The fraction of sp³-hybridized carbons (Fsp3) is 0.545. The topological polar surface area (TPSA) is 21.7 Å². The van der Waals surface area contributed by atoms with E-state index in [2.05, 4.69) is 35.6 Å². The summed E-state index contributed by atoms with van der Waals surface area (Å²) in [5.41, 5.74) is 1.49. The van der Waals surface area contributed by atoms with E-state index in [1.807, 2.05) is 24.3 Å². The van der Waals surface area contributed by atoms with Crippen molar-refractivity contribution >= 4 is 11.3 Å². The highest BCUT2D eigenvalue weighted by molar-refractivity contribution is 7.07. The molecule has 0 radical (unpaired) electrons. The van der Waals surface area contributed by atoms with Crippen molar-refractivity contribution in [2.24, 2.45) is 11.8 Å². The van der Waals surface area contributed by atoms with Gasteiger partial charge in [-0.1, -0.05) is 20.3 Å². The standard InChI is InChI=1S/C22H31NO2S/c1-4-17(2)13-23-11-9-22(18-10-12-26-16-18)19(14-23)15-25-21-7-5-20(24-3)6-8-21/h5-8,10,12,16-17,19,22H,4,9,11,13-15H2,1-3H3. The van der Waals surface area contributed by atoms with Crippen molar-refractivity contribution in [3.8, 4) is 11.5 Å². The molecule has 2 heterocycles. The van der Waals surface area contributed by atoms with E-state index in [1.165, 1.54) is 31.5 Å². The Balaban J connectivity index is 1.65. The zero-order valence-electron chi connectivity index (χ0n) is 16.2. The lowest BCUT2D eigenvalue weighted by molar-refractivity contribution is 0.1000. The largest absolute Gasteiger partial charge is 0.497 e. The van der Waals surface area contributed by atoms with Crippen LogP contribution in [0, 0.1) is 11.8 Å². The van der Waals surface area contributed by atoms with Gasteiger partial charge in [-0.15, -0.1) is 0 Å². The third kappa shape index (κ3) is 5.01. The van der Waals surface area contributed by atoms with E-state index in [0.29, 0.717) is 11.8 Å². The predicted octanol–water partition coefficient (Wildman–Crippen LogP) is 5.29. The number of rotatable bonds is 8. The molecule has 3 rings (SSSR count). The lowest BCUT2D eigenvalue weighted by Crippen LogP contribution is -2.43. The summed E-state index contributed by atoms with van der Waals surface area (Å²) < 4.78 is 11.4. The number of hydrogen-bond acceptors (Lipinski definition) is 4. The van der Waals surface area contributed by atoms with Gasteiger partial charge in [0.15, 0.2) is 0 Å². The van der Waals surface area contributed by atoms with Gasteiger partial charge in [-0.05, 0) is 71.5 Å². The Morgan fingerprint density at radius 3 is 2.62 bits per heavy atom. The molecule has 0 spiro atoms. The second kappa shape index (κ2) is 9.43. The van der Waals surface area contributed by atoms with Crippen molar-refractivity contribution in [3.63, 3.8) is 0 Å². The first kappa shape index (κ1) is 19.2. The third-order valence-corrected chi connectivity index (χ3v) is 6.28.